The van der Waals surface area contributed by atoms with E-state index in [4.69, 9.17) is 14.1 Å². The van der Waals surface area contributed by atoms with Gasteiger partial charge < -0.3 is 19.2 Å². The third-order valence-electron chi connectivity index (χ3n) is 5.31. The van der Waals surface area contributed by atoms with E-state index in [0.717, 1.165) is 17.1 Å². The monoisotopic (exact) mass is 462 g/mol. The Bertz CT molecular complexity index is 1350. The van der Waals surface area contributed by atoms with Gasteiger partial charge in [-0.3, -0.25) is 4.79 Å². The zero-order valence-corrected chi connectivity index (χ0v) is 19.7. The first-order valence-electron chi connectivity index (χ1n) is 10.8. The number of rotatable bonds is 7. The van der Waals surface area contributed by atoms with Crippen molar-refractivity contribution in [1.29, 1.82) is 0 Å². The first-order chi connectivity index (χ1) is 16.3. The van der Waals surface area contributed by atoms with Crippen molar-refractivity contribution in [2.24, 2.45) is 0 Å². The lowest BCUT2D eigenvalue weighted by molar-refractivity contribution is -0.142. The van der Waals surface area contributed by atoms with Crippen LogP contribution in [0.25, 0.3) is 22.3 Å². The average Bonchev–Trinajstić information content (AvgIpc) is 3.40. The van der Waals surface area contributed by atoms with Gasteiger partial charge in [0, 0.05) is 17.3 Å². The molecule has 0 unspecified atom stereocenters. The van der Waals surface area contributed by atoms with Crippen molar-refractivity contribution in [3.63, 3.8) is 0 Å². The molecule has 1 aromatic carbocycles. The maximum atomic E-state index is 13.3. The molecule has 1 amide bonds. The van der Waals surface area contributed by atoms with Gasteiger partial charge in [-0.25, -0.2) is 14.5 Å². The van der Waals surface area contributed by atoms with E-state index in [9.17, 15) is 9.59 Å². The van der Waals surface area contributed by atoms with E-state index in [0.29, 0.717) is 33.7 Å². The van der Waals surface area contributed by atoms with Gasteiger partial charge in [0.15, 0.2) is 12.3 Å². The van der Waals surface area contributed by atoms with Crippen LogP contribution in [0.2, 0.25) is 0 Å². The molecule has 4 aromatic rings. The number of carbonyl (C=O) groups excluding carboxylic acids is 2. The summed E-state index contributed by atoms with van der Waals surface area (Å²) in [6.07, 6.45) is 1.66. The number of aromatic nitrogens is 3. The van der Waals surface area contributed by atoms with E-state index >= 15 is 0 Å². The summed E-state index contributed by atoms with van der Waals surface area (Å²) in [7, 11) is 1.30. The number of ether oxygens (including phenoxy) is 2. The molecular formula is C25H26N4O5. The zero-order chi connectivity index (χ0) is 24.4. The molecule has 34 heavy (non-hydrogen) atoms. The Morgan fingerprint density at radius 2 is 1.88 bits per heavy atom. The molecule has 0 saturated carbocycles. The minimum atomic E-state index is -0.472. The Kier molecular flexibility index (Phi) is 6.36. The smallest absolute Gasteiger partial charge is 0.343 e. The van der Waals surface area contributed by atoms with Gasteiger partial charge in [-0.2, -0.15) is 5.10 Å². The number of nitrogens with one attached hydrogen (secondary N) is 1. The Hall–Kier alpha value is -4.14. The topological polar surface area (TPSA) is 108 Å². The minimum absolute atomic E-state index is 0.0703. The third-order valence-corrected chi connectivity index (χ3v) is 5.31. The SMILES string of the molecule is COC(=O)COc1ccc(NC(=O)c2cc(-c3cc(C)oc3C)nc3c2cnn3C(C)C)cc1. The molecule has 0 bridgehead atoms. The van der Waals surface area contributed by atoms with Crippen LogP contribution in [0, 0.1) is 13.8 Å². The number of hydrogen-bond donors (Lipinski definition) is 1. The highest BCUT2D eigenvalue weighted by Gasteiger charge is 2.20. The zero-order valence-electron chi connectivity index (χ0n) is 19.7. The molecule has 9 nitrogen and oxygen atoms in total. The van der Waals surface area contributed by atoms with Gasteiger partial charge in [-0.05, 0) is 64.1 Å². The van der Waals surface area contributed by atoms with Crippen molar-refractivity contribution in [2.75, 3.05) is 19.0 Å². The Labute approximate surface area is 196 Å². The van der Waals surface area contributed by atoms with Crippen LogP contribution in [0.3, 0.4) is 0 Å². The number of anilines is 1. The van der Waals surface area contributed by atoms with Gasteiger partial charge >= 0.3 is 5.97 Å². The van der Waals surface area contributed by atoms with Crippen LogP contribution in [0.15, 0.2) is 47.0 Å². The molecule has 3 heterocycles. The summed E-state index contributed by atoms with van der Waals surface area (Å²) >= 11 is 0. The number of carbonyl (C=O) groups is 2. The number of benzene rings is 1. The van der Waals surface area contributed by atoms with Gasteiger partial charge in [0.2, 0.25) is 0 Å². The van der Waals surface area contributed by atoms with Crippen LogP contribution >= 0.6 is 0 Å². The molecule has 9 heteroatoms. The highest BCUT2D eigenvalue weighted by atomic mass is 16.6. The number of pyridine rings is 1. The highest BCUT2D eigenvalue weighted by molar-refractivity contribution is 6.12. The van der Waals surface area contributed by atoms with Crippen LogP contribution in [-0.4, -0.2) is 40.4 Å². The number of esters is 1. The normalized spacial score (nSPS) is 11.1. The number of furan rings is 1. The number of methoxy groups -OCH3 is 1. The molecule has 0 radical (unpaired) electrons. The maximum absolute atomic E-state index is 13.3. The van der Waals surface area contributed by atoms with Crippen LogP contribution in [0.4, 0.5) is 5.69 Å². The fourth-order valence-corrected chi connectivity index (χ4v) is 3.64. The Balaban J connectivity index is 1.67. The first-order valence-corrected chi connectivity index (χ1v) is 10.8. The van der Waals surface area contributed by atoms with Crippen molar-refractivity contribution in [3.8, 4) is 17.0 Å². The number of fused-ring (bicyclic) bond motifs is 1. The van der Waals surface area contributed by atoms with Crippen LogP contribution in [-0.2, 0) is 9.53 Å². The number of aryl methyl sites for hydroxylation is 2. The molecule has 176 valence electrons. The number of hydrogen-bond acceptors (Lipinski definition) is 7. The molecular weight excluding hydrogens is 436 g/mol. The maximum Gasteiger partial charge on any atom is 0.343 e. The summed E-state index contributed by atoms with van der Waals surface area (Å²) < 4.78 is 17.4. The van der Waals surface area contributed by atoms with E-state index in [1.54, 1.807) is 41.2 Å². The predicted molar refractivity (Wildman–Crippen MR) is 127 cm³/mol. The summed E-state index contributed by atoms with van der Waals surface area (Å²) in [5, 5.41) is 8.03. The summed E-state index contributed by atoms with van der Waals surface area (Å²) in [6, 6.07) is 10.5. The summed E-state index contributed by atoms with van der Waals surface area (Å²) in [4.78, 5) is 29.4. The first kappa shape index (κ1) is 23.0. The molecule has 0 atom stereocenters. The van der Waals surface area contributed by atoms with Crippen molar-refractivity contribution < 1.29 is 23.5 Å². The molecule has 4 rings (SSSR count). The van der Waals surface area contributed by atoms with E-state index in [1.165, 1.54) is 7.11 Å². The van der Waals surface area contributed by atoms with E-state index < -0.39 is 5.97 Å². The lowest BCUT2D eigenvalue weighted by Gasteiger charge is -2.11. The van der Waals surface area contributed by atoms with E-state index in [-0.39, 0.29) is 18.6 Å². The third kappa shape index (κ3) is 4.63. The van der Waals surface area contributed by atoms with Gasteiger partial charge in [0.25, 0.3) is 5.91 Å². The number of nitrogens with zero attached hydrogens (tertiary/aromatic N) is 3. The lowest BCUT2D eigenvalue weighted by atomic mass is 10.1. The molecule has 1 N–H and O–H groups in total. The van der Waals surface area contributed by atoms with Gasteiger partial charge in [-0.1, -0.05) is 0 Å². The Morgan fingerprint density at radius 1 is 1.15 bits per heavy atom. The van der Waals surface area contributed by atoms with Crippen molar-refractivity contribution >= 4 is 28.6 Å². The molecule has 0 fully saturated rings. The van der Waals surface area contributed by atoms with Crippen molar-refractivity contribution in [3.05, 3.63) is 59.7 Å². The second-order valence-corrected chi connectivity index (χ2v) is 8.15. The second kappa shape index (κ2) is 9.38. The van der Waals surface area contributed by atoms with Crippen LogP contribution in [0.1, 0.15) is 41.8 Å². The van der Waals surface area contributed by atoms with E-state index in [2.05, 4.69) is 15.2 Å². The summed E-state index contributed by atoms with van der Waals surface area (Å²) in [5.74, 6) is 1.22. The quantitative estimate of drug-likeness (QED) is 0.397. The minimum Gasteiger partial charge on any atom is -0.482 e. The Morgan fingerprint density at radius 3 is 2.50 bits per heavy atom. The fourth-order valence-electron chi connectivity index (χ4n) is 3.64. The van der Waals surface area contributed by atoms with Crippen LogP contribution < -0.4 is 10.1 Å². The molecule has 0 aliphatic carbocycles. The average molecular weight is 463 g/mol. The molecule has 3 aromatic heterocycles. The van der Waals surface area contributed by atoms with Gasteiger partial charge in [0.05, 0.1) is 30.0 Å². The molecule has 0 saturated heterocycles. The fraction of sp³-hybridized carbons (Fsp3) is 0.280. The number of amides is 1. The van der Waals surface area contributed by atoms with E-state index in [1.807, 2.05) is 33.8 Å². The lowest BCUT2D eigenvalue weighted by Crippen LogP contribution is -2.14. The second-order valence-electron chi connectivity index (χ2n) is 8.15. The van der Waals surface area contributed by atoms with Gasteiger partial charge in [0.1, 0.15) is 17.3 Å². The predicted octanol–water partition coefficient (Wildman–Crippen LogP) is 4.69. The molecule has 0 spiro atoms. The van der Waals surface area contributed by atoms with Gasteiger partial charge in [-0.15, -0.1) is 0 Å². The van der Waals surface area contributed by atoms with Crippen LogP contribution in [0.5, 0.6) is 5.75 Å². The molecule has 0 aliphatic rings. The summed E-state index contributed by atoms with van der Waals surface area (Å²) in [5.41, 5.74) is 3.13. The standard InChI is InChI=1S/C25H26N4O5/c1-14(2)29-24-21(12-26-29)20(11-22(28-24)19-10-15(3)34-16(19)4)25(31)27-17-6-8-18(9-7-17)33-13-23(30)32-5/h6-12,14H,13H2,1-5H3,(H,27,31). The summed E-state index contributed by atoms with van der Waals surface area (Å²) in [6.45, 7) is 7.58. The largest absolute Gasteiger partial charge is 0.482 e. The highest BCUT2D eigenvalue weighted by Crippen LogP contribution is 2.30. The van der Waals surface area contributed by atoms with Crippen molar-refractivity contribution in [1.82, 2.24) is 14.8 Å². The molecule has 0 aliphatic heterocycles. The van der Waals surface area contributed by atoms with Crippen molar-refractivity contribution in [2.45, 2.75) is 33.7 Å².